The van der Waals surface area contributed by atoms with Gasteiger partial charge >= 0.3 is 11.9 Å². The number of nitrogens with one attached hydrogen (secondary N) is 2. The third-order valence-electron chi connectivity index (χ3n) is 4.66. The molecule has 2 amide bonds. The molecule has 8 nitrogen and oxygen atoms in total. The SMILES string of the molecule is CC(=O)NC(CC(=O)N[C@@H](CSC/C=C(\C)CC/C=C(\C)CCC=C(C)C)C(=O)O)C(=O)O. The minimum Gasteiger partial charge on any atom is -0.480 e. The first-order chi connectivity index (χ1) is 15.4. The summed E-state index contributed by atoms with van der Waals surface area (Å²) in [5.74, 6) is -3.14. The van der Waals surface area contributed by atoms with E-state index in [1.807, 2.05) is 6.92 Å². The van der Waals surface area contributed by atoms with Crippen molar-refractivity contribution in [2.24, 2.45) is 0 Å². The normalized spacial score (nSPS) is 13.6. The highest BCUT2D eigenvalue weighted by molar-refractivity contribution is 7.99. The van der Waals surface area contributed by atoms with E-state index in [4.69, 9.17) is 5.11 Å². The third kappa shape index (κ3) is 16.7. The zero-order valence-corrected chi connectivity index (χ0v) is 21.1. The van der Waals surface area contributed by atoms with E-state index in [1.165, 1.54) is 28.5 Å². The summed E-state index contributed by atoms with van der Waals surface area (Å²) in [6.45, 7) is 9.52. The predicted octanol–water partition coefficient (Wildman–Crippen LogP) is 3.69. The Kier molecular flexibility index (Phi) is 15.7. The Morgan fingerprint density at radius 1 is 0.788 bits per heavy atom. The van der Waals surface area contributed by atoms with Crippen molar-refractivity contribution in [3.8, 4) is 0 Å². The highest BCUT2D eigenvalue weighted by Gasteiger charge is 2.25. The predicted molar refractivity (Wildman–Crippen MR) is 132 cm³/mol. The van der Waals surface area contributed by atoms with E-state index in [0.717, 1.165) is 32.6 Å². The number of carbonyl (C=O) groups is 4. The van der Waals surface area contributed by atoms with Crippen LogP contribution in [0.1, 0.15) is 66.7 Å². The highest BCUT2D eigenvalue weighted by Crippen LogP contribution is 2.13. The van der Waals surface area contributed by atoms with E-state index in [1.54, 1.807) is 0 Å². The lowest BCUT2D eigenvalue weighted by molar-refractivity contribution is -0.144. The summed E-state index contributed by atoms with van der Waals surface area (Å²) in [4.78, 5) is 45.7. The Hall–Kier alpha value is -2.55. The van der Waals surface area contributed by atoms with Crippen LogP contribution < -0.4 is 10.6 Å². The molecule has 0 saturated carbocycles. The molecule has 0 bridgehead atoms. The van der Waals surface area contributed by atoms with E-state index < -0.39 is 42.3 Å². The van der Waals surface area contributed by atoms with Gasteiger partial charge in [0.2, 0.25) is 11.8 Å². The van der Waals surface area contributed by atoms with Crippen molar-refractivity contribution in [1.29, 1.82) is 0 Å². The molecular formula is C24H38N2O6S. The van der Waals surface area contributed by atoms with Crippen LogP contribution in [-0.4, -0.2) is 57.6 Å². The Morgan fingerprint density at radius 3 is 1.85 bits per heavy atom. The Morgan fingerprint density at radius 2 is 1.33 bits per heavy atom. The summed E-state index contributed by atoms with van der Waals surface area (Å²) in [7, 11) is 0. The number of carboxylic acid groups (broad SMARTS) is 2. The van der Waals surface area contributed by atoms with Crippen LogP contribution in [-0.2, 0) is 19.2 Å². The topological polar surface area (TPSA) is 133 Å². The number of allylic oxidation sites excluding steroid dienone is 5. The van der Waals surface area contributed by atoms with Gasteiger partial charge in [-0.25, -0.2) is 9.59 Å². The molecule has 9 heteroatoms. The molecule has 0 spiro atoms. The number of carbonyl (C=O) groups excluding carboxylic acids is 2. The van der Waals surface area contributed by atoms with Crippen LogP contribution in [0.5, 0.6) is 0 Å². The maximum absolute atomic E-state index is 12.0. The van der Waals surface area contributed by atoms with Crippen LogP contribution in [0.3, 0.4) is 0 Å². The summed E-state index contributed by atoms with van der Waals surface area (Å²) in [5, 5.41) is 22.9. The van der Waals surface area contributed by atoms with Crippen LogP contribution in [0.4, 0.5) is 0 Å². The molecule has 0 saturated heterocycles. The first-order valence-electron chi connectivity index (χ1n) is 11.0. The molecule has 2 atom stereocenters. The van der Waals surface area contributed by atoms with Gasteiger partial charge in [0.25, 0.3) is 0 Å². The van der Waals surface area contributed by atoms with Gasteiger partial charge in [0.1, 0.15) is 12.1 Å². The maximum atomic E-state index is 12.0. The van der Waals surface area contributed by atoms with Crippen LogP contribution in [0.2, 0.25) is 0 Å². The maximum Gasteiger partial charge on any atom is 0.327 e. The molecule has 33 heavy (non-hydrogen) atoms. The summed E-state index contributed by atoms with van der Waals surface area (Å²) < 4.78 is 0. The number of hydrogen-bond acceptors (Lipinski definition) is 5. The first kappa shape index (κ1) is 30.4. The zero-order chi connectivity index (χ0) is 25.4. The van der Waals surface area contributed by atoms with Crippen molar-refractivity contribution in [3.63, 3.8) is 0 Å². The largest absolute Gasteiger partial charge is 0.480 e. The first-order valence-corrected chi connectivity index (χ1v) is 12.1. The number of aliphatic carboxylic acids is 2. The zero-order valence-electron chi connectivity index (χ0n) is 20.3. The van der Waals surface area contributed by atoms with Gasteiger partial charge in [0.15, 0.2) is 0 Å². The lowest BCUT2D eigenvalue weighted by Crippen LogP contribution is -2.47. The molecule has 4 N–H and O–H groups in total. The van der Waals surface area contributed by atoms with Gasteiger partial charge in [-0.05, 0) is 53.4 Å². The lowest BCUT2D eigenvalue weighted by Gasteiger charge is -2.17. The smallest absolute Gasteiger partial charge is 0.327 e. The second kappa shape index (κ2) is 17.0. The molecule has 0 rings (SSSR count). The fourth-order valence-corrected chi connectivity index (χ4v) is 3.78. The monoisotopic (exact) mass is 482 g/mol. The van der Waals surface area contributed by atoms with Crippen LogP contribution >= 0.6 is 11.8 Å². The van der Waals surface area contributed by atoms with E-state index in [-0.39, 0.29) is 5.75 Å². The van der Waals surface area contributed by atoms with Crippen LogP contribution in [0, 0.1) is 0 Å². The average molecular weight is 483 g/mol. The molecule has 0 aromatic heterocycles. The molecule has 0 radical (unpaired) electrons. The Balaban J connectivity index is 4.46. The molecule has 0 aromatic carbocycles. The van der Waals surface area contributed by atoms with E-state index in [2.05, 4.69) is 49.6 Å². The quantitative estimate of drug-likeness (QED) is 0.195. The van der Waals surface area contributed by atoms with E-state index in [0.29, 0.717) is 5.75 Å². The van der Waals surface area contributed by atoms with E-state index >= 15 is 0 Å². The average Bonchev–Trinajstić information content (AvgIpc) is 2.68. The number of thioether (sulfide) groups is 1. The summed E-state index contributed by atoms with van der Waals surface area (Å²) >= 11 is 1.37. The van der Waals surface area contributed by atoms with Crippen molar-refractivity contribution in [2.75, 3.05) is 11.5 Å². The molecule has 0 aromatic rings. The summed E-state index contributed by atoms with van der Waals surface area (Å²) in [5.41, 5.74) is 3.92. The molecule has 0 aliphatic rings. The summed E-state index contributed by atoms with van der Waals surface area (Å²) in [6, 6.07) is -2.55. The van der Waals surface area contributed by atoms with Crippen LogP contribution in [0.25, 0.3) is 0 Å². The summed E-state index contributed by atoms with van der Waals surface area (Å²) in [6.07, 6.45) is 10.0. The van der Waals surface area contributed by atoms with Crippen LogP contribution in [0.15, 0.2) is 34.9 Å². The Labute approximate surface area is 201 Å². The van der Waals surface area contributed by atoms with Gasteiger partial charge in [-0.15, -0.1) is 0 Å². The molecule has 186 valence electrons. The molecule has 1 unspecified atom stereocenters. The van der Waals surface area contributed by atoms with Crippen molar-refractivity contribution in [2.45, 2.75) is 78.8 Å². The standard InChI is InChI=1S/C24H38N2O6S/c1-16(2)8-6-9-17(3)10-7-11-18(4)12-13-33-15-21(24(31)32)26-22(28)14-20(23(29)30)25-19(5)27/h8,10,12,20-21H,6-7,9,11,13-15H2,1-5H3,(H,25,27)(H,26,28)(H,29,30)(H,31,32)/b17-10+,18-12+/t20?,21-/m0/s1. The third-order valence-corrected chi connectivity index (χ3v) is 5.63. The van der Waals surface area contributed by atoms with Gasteiger partial charge in [-0.3, -0.25) is 9.59 Å². The van der Waals surface area contributed by atoms with Crippen molar-refractivity contribution in [1.82, 2.24) is 10.6 Å². The Bertz CT molecular complexity index is 769. The van der Waals surface area contributed by atoms with E-state index in [9.17, 15) is 24.3 Å². The molecule has 0 fully saturated rings. The fourth-order valence-electron chi connectivity index (χ4n) is 2.78. The van der Waals surface area contributed by atoms with Gasteiger partial charge < -0.3 is 20.8 Å². The highest BCUT2D eigenvalue weighted by atomic mass is 32.2. The molecular weight excluding hydrogens is 444 g/mol. The van der Waals surface area contributed by atoms with Gasteiger partial charge in [0.05, 0.1) is 6.42 Å². The molecule has 0 aliphatic heterocycles. The fraction of sp³-hybridized carbons (Fsp3) is 0.583. The van der Waals surface area contributed by atoms with Crippen molar-refractivity contribution in [3.05, 3.63) is 34.9 Å². The second-order valence-electron chi connectivity index (χ2n) is 8.25. The van der Waals surface area contributed by atoms with Crippen molar-refractivity contribution < 1.29 is 29.4 Å². The molecule has 0 aliphatic carbocycles. The second-order valence-corrected chi connectivity index (χ2v) is 9.33. The van der Waals surface area contributed by atoms with Gasteiger partial charge in [0, 0.05) is 18.4 Å². The van der Waals surface area contributed by atoms with Crippen molar-refractivity contribution >= 4 is 35.5 Å². The minimum absolute atomic E-state index is 0.145. The minimum atomic E-state index is -1.40. The van der Waals surface area contributed by atoms with Gasteiger partial charge in [-0.1, -0.05) is 34.9 Å². The number of hydrogen-bond donors (Lipinski definition) is 4. The lowest BCUT2D eigenvalue weighted by atomic mass is 10.1. The number of rotatable bonds is 16. The van der Waals surface area contributed by atoms with Gasteiger partial charge in [-0.2, -0.15) is 11.8 Å². The number of amides is 2. The molecule has 0 heterocycles. The number of carboxylic acids is 2.